The Labute approximate surface area is 118 Å². The van der Waals surface area contributed by atoms with Gasteiger partial charge in [0.05, 0.1) is 19.0 Å². The van der Waals surface area contributed by atoms with Gasteiger partial charge in [0.15, 0.2) is 11.2 Å². The van der Waals surface area contributed by atoms with Crippen LogP contribution >= 0.6 is 7.60 Å². The molecule has 2 aromatic rings. The van der Waals surface area contributed by atoms with Gasteiger partial charge < -0.3 is 24.8 Å². The van der Waals surface area contributed by atoms with Gasteiger partial charge in [0.2, 0.25) is 5.95 Å². The summed E-state index contributed by atoms with van der Waals surface area (Å²) in [5, 5.41) is 0. The third-order valence-corrected chi connectivity index (χ3v) is 3.07. The van der Waals surface area contributed by atoms with Crippen LogP contribution in [0.3, 0.4) is 0 Å². The van der Waals surface area contributed by atoms with Gasteiger partial charge in [0.1, 0.15) is 6.35 Å². The number of anilines is 1. The van der Waals surface area contributed by atoms with Crippen molar-refractivity contribution in [3.05, 3.63) is 29.3 Å². The van der Waals surface area contributed by atoms with Crippen molar-refractivity contribution in [3.63, 3.8) is 0 Å². The SMILES string of the molecule is C=C[C@@H](Cn1cnc2c(=O)[nH]c(N)nc21)OCP(=O)(O)O. The molecule has 0 bridgehead atoms. The fourth-order valence-electron chi connectivity index (χ4n) is 1.69. The number of ether oxygens (including phenoxy) is 1. The molecule has 0 unspecified atom stereocenters. The molecule has 5 N–H and O–H groups in total. The quantitative estimate of drug-likeness (QED) is 0.407. The van der Waals surface area contributed by atoms with Gasteiger partial charge in [-0.15, -0.1) is 6.58 Å². The molecule has 2 heterocycles. The number of nitrogens with zero attached hydrogens (tertiary/aromatic N) is 3. The molecule has 2 aromatic heterocycles. The first-order chi connectivity index (χ1) is 9.80. The number of rotatable bonds is 6. The number of hydrogen-bond acceptors (Lipinski definition) is 6. The van der Waals surface area contributed by atoms with Gasteiger partial charge >= 0.3 is 7.60 Å². The van der Waals surface area contributed by atoms with E-state index in [4.69, 9.17) is 20.3 Å². The monoisotopic (exact) mass is 315 g/mol. The summed E-state index contributed by atoms with van der Waals surface area (Å²) in [6.45, 7) is 3.67. The number of nitrogens with two attached hydrogens (primary N) is 1. The van der Waals surface area contributed by atoms with Crippen LogP contribution in [0.2, 0.25) is 0 Å². The summed E-state index contributed by atoms with van der Waals surface area (Å²) in [4.78, 5) is 39.4. The summed E-state index contributed by atoms with van der Waals surface area (Å²) < 4.78 is 17.4. The van der Waals surface area contributed by atoms with Crippen molar-refractivity contribution in [2.45, 2.75) is 12.6 Å². The Hall–Kier alpha value is -2.00. The van der Waals surface area contributed by atoms with E-state index in [0.29, 0.717) is 0 Å². The predicted molar refractivity (Wildman–Crippen MR) is 74.5 cm³/mol. The fourth-order valence-corrected chi connectivity index (χ4v) is 2.07. The highest BCUT2D eigenvalue weighted by Gasteiger charge is 2.18. The maximum absolute atomic E-state index is 11.6. The summed E-state index contributed by atoms with van der Waals surface area (Å²) in [6.07, 6.45) is 1.34. The molecule has 11 heteroatoms. The summed E-state index contributed by atoms with van der Waals surface area (Å²) in [6, 6.07) is 0. The molecule has 10 nitrogen and oxygen atoms in total. The number of hydrogen-bond donors (Lipinski definition) is 4. The molecule has 0 saturated carbocycles. The van der Waals surface area contributed by atoms with Crippen molar-refractivity contribution in [3.8, 4) is 0 Å². The van der Waals surface area contributed by atoms with Crippen molar-refractivity contribution in [2.24, 2.45) is 0 Å². The third-order valence-electron chi connectivity index (χ3n) is 2.59. The number of imidazole rings is 1. The number of aromatic amines is 1. The van der Waals surface area contributed by atoms with E-state index in [2.05, 4.69) is 21.5 Å². The van der Waals surface area contributed by atoms with Crippen molar-refractivity contribution in [1.29, 1.82) is 0 Å². The van der Waals surface area contributed by atoms with Gasteiger partial charge in [-0.05, 0) is 0 Å². The molecule has 0 aliphatic carbocycles. The second-order valence-electron chi connectivity index (χ2n) is 4.25. The Morgan fingerprint density at radius 2 is 2.33 bits per heavy atom. The molecule has 0 radical (unpaired) electrons. The Morgan fingerprint density at radius 1 is 1.62 bits per heavy atom. The van der Waals surface area contributed by atoms with Gasteiger partial charge in [-0.2, -0.15) is 4.98 Å². The molecule has 0 saturated heterocycles. The van der Waals surface area contributed by atoms with Crippen LogP contribution in [0.25, 0.3) is 11.2 Å². The average molecular weight is 315 g/mol. The molecule has 0 aliphatic heterocycles. The number of nitrogen functional groups attached to an aromatic ring is 1. The van der Waals surface area contributed by atoms with Crippen LogP contribution < -0.4 is 11.3 Å². The molecule has 114 valence electrons. The molecule has 0 fully saturated rings. The van der Waals surface area contributed by atoms with Crippen molar-refractivity contribution in [2.75, 3.05) is 12.1 Å². The van der Waals surface area contributed by atoms with Crippen LogP contribution in [-0.4, -0.2) is 41.8 Å². The molecular formula is C10H14N5O5P. The van der Waals surface area contributed by atoms with E-state index < -0.39 is 25.6 Å². The molecule has 1 atom stereocenters. The minimum absolute atomic E-state index is 0.0551. The summed E-state index contributed by atoms with van der Waals surface area (Å²) in [5.74, 6) is -0.0551. The van der Waals surface area contributed by atoms with Gasteiger partial charge in [-0.3, -0.25) is 14.3 Å². The standard InChI is InChI=1S/C10H14N5O5P/c1-2-6(20-5-21(17,18)19)3-15-4-12-7-8(15)13-10(11)14-9(7)16/h2,4,6H,1,3,5H2,(H2,17,18,19)(H3,11,13,14,16)/t6-/m0/s1. The van der Waals surface area contributed by atoms with E-state index >= 15 is 0 Å². The highest BCUT2D eigenvalue weighted by molar-refractivity contribution is 7.51. The number of nitrogens with one attached hydrogen (secondary N) is 1. The lowest BCUT2D eigenvalue weighted by Crippen LogP contribution is -2.19. The van der Waals surface area contributed by atoms with Gasteiger partial charge in [0, 0.05) is 0 Å². The second kappa shape index (κ2) is 5.78. The first kappa shape index (κ1) is 15.4. The zero-order valence-corrected chi connectivity index (χ0v) is 11.7. The number of fused-ring (bicyclic) bond motifs is 1. The van der Waals surface area contributed by atoms with E-state index in [-0.39, 0.29) is 23.7 Å². The normalized spacial score (nSPS) is 13.4. The van der Waals surface area contributed by atoms with Crippen LogP contribution in [0.4, 0.5) is 5.95 Å². The Kier molecular flexibility index (Phi) is 4.24. The topological polar surface area (TPSA) is 156 Å². The summed E-state index contributed by atoms with van der Waals surface area (Å²) >= 11 is 0. The maximum Gasteiger partial charge on any atom is 0.351 e. The van der Waals surface area contributed by atoms with E-state index in [1.165, 1.54) is 17.0 Å². The van der Waals surface area contributed by atoms with Gasteiger partial charge in [-0.25, -0.2) is 4.98 Å². The largest absolute Gasteiger partial charge is 0.369 e. The van der Waals surface area contributed by atoms with Crippen LogP contribution in [0.5, 0.6) is 0 Å². The molecule has 2 rings (SSSR count). The predicted octanol–water partition coefficient (Wildman–Crippen LogP) is -0.592. The first-order valence-electron chi connectivity index (χ1n) is 5.79. The minimum Gasteiger partial charge on any atom is -0.369 e. The highest BCUT2D eigenvalue weighted by atomic mass is 31.2. The van der Waals surface area contributed by atoms with Crippen molar-refractivity contribution < 1.29 is 19.1 Å². The number of aromatic nitrogens is 4. The number of H-pyrrole nitrogens is 1. The summed E-state index contributed by atoms with van der Waals surface area (Å²) in [7, 11) is -4.27. The van der Waals surface area contributed by atoms with E-state index in [1.807, 2.05) is 0 Å². The molecule has 21 heavy (non-hydrogen) atoms. The maximum atomic E-state index is 11.6. The first-order valence-corrected chi connectivity index (χ1v) is 7.59. The minimum atomic E-state index is -4.27. The van der Waals surface area contributed by atoms with Gasteiger partial charge in [0.25, 0.3) is 5.56 Å². The fraction of sp³-hybridized carbons (Fsp3) is 0.300. The van der Waals surface area contributed by atoms with Crippen LogP contribution in [0, 0.1) is 0 Å². The third kappa shape index (κ3) is 3.76. The molecule has 0 aromatic carbocycles. The summed E-state index contributed by atoms with van der Waals surface area (Å²) in [5.41, 5.74) is 5.37. The van der Waals surface area contributed by atoms with E-state index in [0.717, 1.165) is 0 Å². The lowest BCUT2D eigenvalue weighted by molar-refractivity contribution is 0.0965. The zero-order chi connectivity index (χ0) is 15.6. The molecule has 0 spiro atoms. The van der Waals surface area contributed by atoms with E-state index in [1.54, 1.807) is 0 Å². The van der Waals surface area contributed by atoms with Crippen molar-refractivity contribution in [1.82, 2.24) is 19.5 Å². The van der Waals surface area contributed by atoms with Crippen molar-refractivity contribution >= 4 is 24.7 Å². The zero-order valence-electron chi connectivity index (χ0n) is 10.8. The smallest absolute Gasteiger partial charge is 0.351 e. The molecule has 0 amide bonds. The lowest BCUT2D eigenvalue weighted by Gasteiger charge is -2.15. The Bertz CT molecular complexity index is 763. The van der Waals surface area contributed by atoms with Crippen LogP contribution in [0.15, 0.2) is 23.8 Å². The molecular weight excluding hydrogens is 301 g/mol. The second-order valence-corrected chi connectivity index (χ2v) is 5.84. The van der Waals surface area contributed by atoms with Crippen LogP contribution in [0.1, 0.15) is 0 Å². The average Bonchev–Trinajstić information content (AvgIpc) is 2.76. The Balaban J connectivity index is 2.24. The van der Waals surface area contributed by atoms with Crippen LogP contribution in [-0.2, 0) is 15.8 Å². The highest BCUT2D eigenvalue weighted by Crippen LogP contribution is 2.34. The van der Waals surface area contributed by atoms with E-state index in [9.17, 15) is 9.36 Å². The lowest BCUT2D eigenvalue weighted by atomic mass is 10.3. The molecule has 0 aliphatic rings. The Morgan fingerprint density at radius 3 is 2.95 bits per heavy atom. The van der Waals surface area contributed by atoms with Gasteiger partial charge in [-0.1, -0.05) is 6.08 Å².